The highest BCUT2D eigenvalue weighted by molar-refractivity contribution is 6.01. The number of carbonyl (C=O) groups excluding carboxylic acids is 4. The zero-order valence-corrected chi connectivity index (χ0v) is 23.4. The number of ketones is 1. The zero-order valence-electron chi connectivity index (χ0n) is 23.4. The van der Waals surface area contributed by atoms with E-state index in [2.05, 4.69) is 26.1 Å². The molecule has 3 N–H and O–H groups in total. The van der Waals surface area contributed by atoms with Gasteiger partial charge in [0.15, 0.2) is 5.78 Å². The summed E-state index contributed by atoms with van der Waals surface area (Å²) in [5, 5.41) is 2.93. The number of nitrogens with one attached hydrogen (secondary N) is 1. The summed E-state index contributed by atoms with van der Waals surface area (Å²) in [4.78, 5) is 56.0. The van der Waals surface area contributed by atoms with Gasteiger partial charge < -0.3 is 20.9 Å². The van der Waals surface area contributed by atoms with Crippen LogP contribution in [-0.4, -0.2) is 70.6 Å². The zero-order chi connectivity index (χ0) is 27.7. The lowest BCUT2D eigenvalue weighted by molar-refractivity contribution is -0.138. The predicted octanol–water partition coefficient (Wildman–Crippen LogP) is 2.88. The molecule has 0 saturated carbocycles. The minimum atomic E-state index is -0.755. The van der Waals surface area contributed by atoms with Crippen molar-refractivity contribution >= 4 is 23.5 Å². The molecule has 2 aliphatic rings. The van der Waals surface area contributed by atoms with Crippen molar-refractivity contribution in [2.24, 2.45) is 17.6 Å². The molecule has 0 bridgehead atoms. The Morgan fingerprint density at radius 3 is 2.11 bits per heavy atom. The van der Waals surface area contributed by atoms with Crippen LogP contribution in [0.15, 0.2) is 24.3 Å². The van der Waals surface area contributed by atoms with Crippen LogP contribution in [0.3, 0.4) is 0 Å². The van der Waals surface area contributed by atoms with Crippen molar-refractivity contribution in [3.8, 4) is 0 Å². The number of fused-ring (bicyclic) bond motifs is 1. The number of likely N-dealkylation sites (tertiary alicyclic amines) is 2. The lowest BCUT2D eigenvalue weighted by atomic mass is 9.86. The van der Waals surface area contributed by atoms with E-state index in [4.69, 9.17) is 5.73 Å². The lowest BCUT2D eigenvalue weighted by Gasteiger charge is -2.29. The van der Waals surface area contributed by atoms with Gasteiger partial charge in [0.1, 0.15) is 12.1 Å². The van der Waals surface area contributed by atoms with Gasteiger partial charge >= 0.3 is 0 Å². The second kappa shape index (κ2) is 11.3. The number of nitrogens with zero attached hydrogens (tertiary/aromatic N) is 2. The molecular formula is C29H44N4O4. The molecule has 1 aromatic rings. The van der Waals surface area contributed by atoms with Gasteiger partial charge in [0.05, 0.1) is 18.6 Å². The quantitative estimate of drug-likeness (QED) is 0.556. The maximum Gasteiger partial charge on any atom is 0.251 e. The molecule has 204 valence electrons. The van der Waals surface area contributed by atoms with Gasteiger partial charge in [0, 0.05) is 12.1 Å². The fraction of sp³-hybridized carbons (Fsp3) is 0.655. The highest BCUT2D eigenvalue weighted by atomic mass is 16.2. The van der Waals surface area contributed by atoms with E-state index in [0.29, 0.717) is 31.4 Å². The fourth-order valence-corrected chi connectivity index (χ4v) is 5.44. The minimum Gasteiger partial charge on any atom is -0.340 e. The monoisotopic (exact) mass is 512 g/mol. The maximum absolute atomic E-state index is 13.7. The van der Waals surface area contributed by atoms with E-state index in [0.717, 1.165) is 5.56 Å². The highest BCUT2D eigenvalue weighted by Crippen LogP contribution is 2.31. The van der Waals surface area contributed by atoms with Gasteiger partial charge in [-0.2, -0.15) is 0 Å². The van der Waals surface area contributed by atoms with Crippen LogP contribution in [0.5, 0.6) is 0 Å². The highest BCUT2D eigenvalue weighted by Gasteiger charge is 2.52. The molecule has 0 aromatic heterocycles. The van der Waals surface area contributed by atoms with E-state index in [1.165, 1.54) is 0 Å². The summed E-state index contributed by atoms with van der Waals surface area (Å²) in [7, 11) is 0. The Morgan fingerprint density at radius 1 is 0.973 bits per heavy atom. The second-order valence-electron chi connectivity index (χ2n) is 12.5. The van der Waals surface area contributed by atoms with E-state index in [1.807, 2.05) is 39.8 Å². The molecule has 8 nitrogen and oxygen atoms in total. The summed E-state index contributed by atoms with van der Waals surface area (Å²) < 4.78 is 0. The number of Topliss-reactive ketones (excluding diaryl/α,β-unsaturated/α-hetero) is 1. The number of nitrogens with two attached hydrogens (primary N) is 1. The van der Waals surface area contributed by atoms with Crippen molar-refractivity contribution < 1.29 is 19.2 Å². The van der Waals surface area contributed by atoms with E-state index < -0.39 is 18.1 Å². The Hall–Kier alpha value is -2.74. The summed E-state index contributed by atoms with van der Waals surface area (Å²) in [5.74, 6) is -0.538. The molecule has 1 aromatic carbocycles. The normalized spacial score (nSPS) is 21.4. The van der Waals surface area contributed by atoms with E-state index >= 15 is 0 Å². The van der Waals surface area contributed by atoms with Crippen LogP contribution in [0.25, 0.3) is 0 Å². The van der Waals surface area contributed by atoms with Crippen LogP contribution in [0.1, 0.15) is 83.7 Å². The van der Waals surface area contributed by atoms with Crippen LogP contribution >= 0.6 is 0 Å². The largest absolute Gasteiger partial charge is 0.340 e. The molecule has 3 rings (SSSR count). The summed E-state index contributed by atoms with van der Waals surface area (Å²) in [6, 6.07) is 4.98. The third kappa shape index (κ3) is 6.58. The van der Waals surface area contributed by atoms with Gasteiger partial charge in [-0.15, -0.1) is 0 Å². The molecule has 3 amide bonds. The molecule has 0 radical (unpaired) electrons. The van der Waals surface area contributed by atoms with Crippen molar-refractivity contribution in [3.05, 3.63) is 35.4 Å². The van der Waals surface area contributed by atoms with Gasteiger partial charge in [-0.25, -0.2) is 0 Å². The first-order chi connectivity index (χ1) is 17.2. The molecule has 0 spiro atoms. The Balaban J connectivity index is 1.75. The molecule has 37 heavy (non-hydrogen) atoms. The van der Waals surface area contributed by atoms with Crippen molar-refractivity contribution in [1.29, 1.82) is 0 Å². The average molecular weight is 513 g/mol. The van der Waals surface area contributed by atoms with Gasteiger partial charge in [0.25, 0.3) is 5.91 Å². The van der Waals surface area contributed by atoms with E-state index in [1.54, 1.807) is 21.9 Å². The molecule has 2 heterocycles. The SMILES string of the molecule is CC(C)CC(N)C(=O)N1CC(=O)C2C1CCN2C(=O)C(CC(C)C)NC(=O)c1ccc(C(C)(C)C)cc1. The van der Waals surface area contributed by atoms with Crippen molar-refractivity contribution in [3.63, 3.8) is 0 Å². The molecular weight excluding hydrogens is 468 g/mol. The average Bonchev–Trinajstić information content (AvgIpc) is 3.37. The number of rotatable bonds is 8. The Morgan fingerprint density at radius 2 is 1.57 bits per heavy atom. The second-order valence-corrected chi connectivity index (χ2v) is 12.5. The maximum atomic E-state index is 13.7. The first-order valence-corrected chi connectivity index (χ1v) is 13.5. The van der Waals surface area contributed by atoms with Crippen LogP contribution in [0.4, 0.5) is 0 Å². The predicted molar refractivity (Wildman–Crippen MR) is 144 cm³/mol. The molecule has 2 saturated heterocycles. The summed E-state index contributed by atoms with van der Waals surface area (Å²) in [6.45, 7) is 14.7. The van der Waals surface area contributed by atoms with Gasteiger partial charge in [-0.1, -0.05) is 60.6 Å². The van der Waals surface area contributed by atoms with Gasteiger partial charge in [-0.05, 0) is 54.2 Å². The molecule has 0 aliphatic carbocycles. The number of hydrogen-bond acceptors (Lipinski definition) is 5. The van der Waals surface area contributed by atoms with Crippen molar-refractivity contribution in [2.75, 3.05) is 13.1 Å². The van der Waals surface area contributed by atoms with E-state index in [-0.39, 0.29) is 53.3 Å². The van der Waals surface area contributed by atoms with Crippen LogP contribution in [0.2, 0.25) is 0 Å². The smallest absolute Gasteiger partial charge is 0.251 e. The number of carbonyl (C=O) groups is 4. The minimum absolute atomic E-state index is 0.0227. The van der Waals surface area contributed by atoms with Gasteiger partial charge in [0.2, 0.25) is 11.8 Å². The summed E-state index contributed by atoms with van der Waals surface area (Å²) in [5.41, 5.74) is 7.71. The molecule has 2 fully saturated rings. The Bertz CT molecular complexity index is 1010. The molecule has 8 heteroatoms. The number of hydrogen-bond donors (Lipinski definition) is 2. The van der Waals surface area contributed by atoms with Crippen LogP contribution in [0, 0.1) is 11.8 Å². The topological polar surface area (TPSA) is 113 Å². The molecule has 4 atom stereocenters. The lowest BCUT2D eigenvalue weighted by Crippen LogP contribution is -2.53. The Labute approximate surface area is 221 Å². The fourth-order valence-electron chi connectivity index (χ4n) is 5.44. The Kier molecular flexibility index (Phi) is 8.83. The molecule has 2 aliphatic heterocycles. The van der Waals surface area contributed by atoms with E-state index in [9.17, 15) is 19.2 Å². The van der Waals surface area contributed by atoms with Crippen molar-refractivity contribution in [2.45, 2.75) is 97.3 Å². The first kappa shape index (κ1) is 28.8. The standard InChI is InChI=1S/C29H44N4O4/c1-17(2)14-21(30)27(36)33-16-24(34)25-23(33)12-13-32(25)28(37)22(15-18(3)4)31-26(35)19-8-10-20(11-9-19)29(5,6)7/h8-11,17-18,21-23,25H,12-16,30H2,1-7H3,(H,31,35). The first-order valence-electron chi connectivity index (χ1n) is 13.5. The number of benzene rings is 1. The third-order valence-electron chi connectivity index (χ3n) is 7.35. The van der Waals surface area contributed by atoms with Gasteiger partial charge in [-0.3, -0.25) is 19.2 Å². The summed E-state index contributed by atoms with van der Waals surface area (Å²) in [6.07, 6.45) is 1.52. The third-order valence-corrected chi connectivity index (χ3v) is 7.35. The van der Waals surface area contributed by atoms with Crippen LogP contribution in [-0.2, 0) is 19.8 Å². The van der Waals surface area contributed by atoms with Crippen molar-refractivity contribution in [1.82, 2.24) is 15.1 Å². The molecule has 4 unspecified atom stereocenters. The summed E-state index contributed by atoms with van der Waals surface area (Å²) >= 11 is 0. The number of amides is 3. The van der Waals surface area contributed by atoms with Crippen LogP contribution < -0.4 is 11.1 Å².